The maximum atomic E-state index is 13.3. The van der Waals surface area contributed by atoms with Crippen LogP contribution in [-0.4, -0.2) is 31.8 Å². The molecule has 1 saturated carbocycles. The fraction of sp³-hybridized carbons (Fsp3) is 0.409. The summed E-state index contributed by atoms with van der Waals surface area (Å²) in [6.07, 6.45) is 7.35. The van der Waals surface area contributed by atoms with Gasteiger partial charge in [0.15, 0.2) is 0 Å². The smallest absolute Gasteiger partial charge is 0.269 e. The maximum Gasteiger partial charge on any atom is 0.269 e. The Balaban J connectivity index is 1.84. The van der Waals surface area contributed by atoms with Gasteiger partial charge >= 0.3 is 0 Å². The molecule has 1 amide bonds. The van der Waals surface area contributed by atoms with Gasteiger partial charge in [0.25, 0.3) is 15.7 Å². The number of carbonyl (C=O) groups excluding carboxylic acids is 1. The molecule has 31 heavy (non-hydrogen) atoms. The molecule has 0 radical (unpaired) electrons. The number of rotatable bonds is 7. The fourth-order valence-corrected chi connectivity index (χ4v) is 5.22. The molecule has 0 atom stereocenters. The highest BCUT2D eigenvalue weighted by Crippen LogP contribution is 2.26. The molecule has 0 saturated heterocycles. The highest BCUT2D eigenvalue weighted by Gasteiger charge is 2.28. The van der Waals surface area contributed by atoms with Crippen LogP contribution in [-0.2, 0) is 14.8 Å². The third-order valence-corrected chi connectivity index (χ3v) is 7.23. The van der Waals surface area contributed by atoms with Crippen LogP contribution in [0.5, 0.6) is 0 Å². The van der Waals surface area contributed by atoms with Crippen LogP contribution in [0.4, 0.5) is 11.4 Å². The molecule has 1 N–H and O–H groups in total. The van der Waals surface area contributed by atoms with Gasteiger partial charge in [-0.25, -0.2) is 8.42 Å². The fourth-order valence-electron chi connectivity index (χ4n) is 3.78. The minimum Gasteiger partial charge on any atom is -0.352 e. The standard InChI is InChI=1S/C22H27N3O5S/c26-22(23-18-9-5-2-1-3-6-10-18)17-24(19-13-15-20(16-14-19)25(27)28)31(29,30)21-11-7-4-8-12-21/h4,7-8,11-16,18H,1-3,5-6,9-10,17H2,(H,23,26). The average Bonchev–Trinajstić information content (AvgIpc) is 2.74. The van der Waals surface area contributed by atoms with Crippen LogP contribution in [0.1, 0.15) is 44.9 Å². The minimum absolute atomic E-state index is 0.0333. The number of amides is 1. The molecule has 9 heteroatoms. The van der Waals surface area contributed by atoms with E-state index in [0.29, 0.717) is 0 Å². The zero-order chi connectivity index (χ0) is 22.3. The molecule has 2 aromatic rings. The molecule has 0 unspecified atom stereocenters. The Bertz CT molecular complexity index is 986. The van der Waals surface area contributed by atoms with Crippen molar-refractivity contribution in [2.45, 2.75) is 55.9 Å². The number of hydrogen-bond donors (Lipinski definition) is 1. The zero-order valence-corrected chi connectivity index (χ0v) is 18.1. The number of benzene rings is 2. The van der Waals surface area contributed by atoms with Crippen molar-refractivity contribution in [1.29, 1.82) is 0 Å². The van der Waals surface area contributed by atoms with Crippen molar-refractivity contribution in [3.63, 3.8) is 0 Å². The predicted molar refractivity (Wildman–Crippen MR) is 118 cm³/mol. The van der Waals surface area contributed by atoms with E-state index in [0.717, 1.165) is 42.8 Å². The first kappa shape index (κ1) is 22.7. The Morgan fingerprint density at radius 2 is 1.55 bits per heavy atom. The summed E-state index contributed by atoms with van der Waals surface area (Å²) in [6, 6.07) is 13.0. The van der Waals surface area contributed by atoms with E-state index in [1.54, 1.807) is 18.2 Å². The Morgan fingerprint density at radius 3 is 2.13 bits per heavy atom. The highest BCUT2D eigenvalue weighted by atomic mass is 32.2. The van der Waals surface area contributed by atoms with Gasteiger partial charge in [-0.1, -0.05) is 50.3 Å². The van der Waals surface area contributed by atoms with Gasteiger partial charge in [-0.3, -0.25) is 19.2 Å². The lowest BCUT2D eigenvalue weighted by Gasteiger charge is -2.26. The first-order chi connectivity index (χ1) is 14.9. The topological polar surface area (TPSA) is 110 Å². The molecule has 8 nitrogen and oxygen atoms in total. The average molecular weight is 446 g/mol. The molecule has 0 bridgehead atoms. The molecular weight excluding hydrogens is 418 g/mol. The first-order valence-electron chi connectivity index (χ1n) is 10.5. The highest BCUT2D eigenvalue weighted by molar-refractivity contribution is 7.92. The van der Waals surface area contributed by atoms with E-state index in [1.165, 1.54) is 42.8 Å². The molecule has 0 aliphatic heterocycles. The van der Waals surface area contributed by atoms with Gasteiger partial charge in [0.05, 0.1) is 15.5 Å². The molecule has 166 valence electrons. The van der Waals surface area contributed by atoms with Crippen molar-refractivity contribution >= 4 is 27.3 Å². The largest absolute Gasteiger partial charge is 0.352 e. The van der Waals surface area contributed by atoms with Crippen molar-refractivity contribution < 1.29 is 18.1 Å². The van der Waals surface area contributed by atoms with E-state index < -0.39 is 21.5 Å². The summed E-state index contributed by atoms with van der Waals surface area (Å²) in [5, 5.41) is 13.9. The van der Waals surface area contributed by atoms with Crippen molar-refractivity contribution in [2.24, 2.45) is 0 Å². The van der Waals surface area contributed by atoms with Crippen molar-refractivity contribution in [3.05, 3.63) is 64.7 Å². The Morgan fingerprint density at radius 1 is 0.968 bits per heavy atom. The van der Waals surface area contributed by atoms with E-state index in [-0.39, 0.29) is 28.2 Å². The number of anilines is 1. The lowest BCUT2D eigenvalue weighted by molar-refractivity contribution is -0.384. The molecule has 1 aliphatic carbocycles. The van der Waals surface area contributed by atoms with Crippen molar-refractivity contribution in [1.82, 2.24) is 5.32 Å². The van der Waals surface area contributed by atoms with Gasteiger partial charge in [0, 0.05) is 18.2 Å². The maximum absolute atomic E-state index is 13.3. The summed E-state index contributed by atoms with van der Waals surface area (Å²) in [5.74, 6) is -0.386. The molecule has 1 fully saturated rings. The molecule has 0 spiro atoms. The third-order valence-electron chi connectivity index (χ3n) is 5.44. The van der Waals surface area contributed by atoms with Gasteiger partial charge in [-0.15, -0.1) is 0 Å². The zero-order valence-electron chi connectivity index (χ0n) is 17.3. The molecule has 1 aliphatic rings. The molecule has 3 rings (SSSR count). The summed E-state index contributed by atoms with van der Waals surface area (Å²) in [4.78, 5) is 23.3. The predicted octanol–water partition coefficient (Wildman–Crippen LogP) is 4.02. The summed E-state index contributed by atoms with van der Waals surface area (Å²) in [5.41, 5.74) is 0.0436. The van der Waals surface area contributed by atoms with E-state index in [1.807, 2.05) is 0 Å². The second-order valence-electron chi connectivity index (χ2n) is 7.71. The van der Waals surface area contributed by atoms with E-state index in [9.17, 15) is 23.3 Å². The van der Waals surface area contributed by atoms with E-state index in [2.05, 4.69) is 5.32 Å². The minimum atomic E-state index is -4.03. The quantitative estimate of drug-likeness (QED) is 0.511. The van der Waals surface area contributed by atoms with Crippen molar-refractivity contribution in [2.75, 3.05) is 10.8 Å². The number of nitrogens with zero attached hydrogens (tertiary/aromatic N) is 2. The summed E-state index contributed by atoms with van der Waals surface area (Å²) in [7, 11) is -4.03. The van der Waals surface area contributed by atoms with E-state index >= 15 is 0 Å². The van der Waals surface area contributed by atoms with Crippen molar-refractivity contribution in [3.8, 4) is 0 Å². The number of nitro benzene ring substituents is 1. The number of nitrogens with one attached hydrogen (secondary N) is 1. The van der Waals surface area contributed by atoms with Crippen LogP contribution >= 0.6 is 0 Å². The van der Waals surface area contributed by atoms with Crippen LogP contribution in [0.15, 0.2) is 59.5 Å². The molecule has 0 heterocycles. The Hall–Kier alpha value is -2.94. The number of carbonyl (C=O) groups is 1. The van der Waals surface area contributed by atoms with Gasteiger partial charge in [0.2, 0.25) is 5.91 Å². The number of non-ortho nitro benzene ring substituents is 1. The van der Waals surface area contributed by atoms with Crippen LogP contribution < -0.4 is 9.62 Å². The second-order valence-corrected chi connectivity index (χ2v) is 9.57. The molecule has 0 aromatic heterocycles. The SMILES string of the molecule is O=C(CN(c1ccc([N+](=O)[O-])cc1)S(=O)(=O)c1ccccc1)NC1CCCCCCC1. The van der Waals surface area contributed by atoms with Gasteiger partial charge in [-0.2, -0.15) is 0 Å². The van der Waals surface area contributed by atoms with Crippen LogP contribution in [0.25, 0.3) is 0 Å². The van der Waals surface area contributed by atoms with Crippen LogP contribution in [0.2, 0.25) is 0 Å². The monoisotopic (exact) mass is 445 g/mol. The van der Waals surface area contributed by atoms with Crippen LogP contribution in [0, 0.1) is 10.1 Å². The van der Waals surface area contributed by atoms with Gasteiger partial charge in [0.1, 0.15) is 6.54 Å². The summed E-state index contributed by atoms with van der Waals surface area (Å²) in [6.45, 7) is -0.397. The summed E-state index contributed by atoms with van der Waals surface area (Å²) < 4.78 is 27.6. The Kier molecular flexibility index (Phi) is 7.62. The number of sulfonamides is 1. The lowest BCUT2D eigenvalue weighted by Crippen LogP contribution is -2.44. The number of nitro groups is 1. The summed E-state index contributed by atoms with van der Waals surface area (Å²) >= 11 is 0. The van der Waals surface area contributed by atoms with E-state index in [4.69, 9.17) is 0 Å². The molecule has 2 aromatic carbocycles. The first-order valence-corrected chi connectivity index (χ1v) is 11.9. The van der Waals surface area contributed by atoms with Crippen LogP contribution in [0.3, 0.4) is 0 Å². The van der Waals surface area contributed by atoms with Gasteiger partial charge < -0.3 is 5.32 Å². The van der Waals surface area contributed by atoms with Gasteiger partial charge in [-0.05, 0) is 37.1 Å². The normalized spacial score (nSPS) is 15.5. The molecular formula is C22H27N3O5S. The lowest BCUT2D eigenvalue weighted by atomic mass is 9.97. The Labute approximate surface area is 182 Å². The second kappa shape index (κ2) is 10.4. The third kappa shape index (κ3) is 6.04. The number of hydrogen-bond acceptors (Lipinski definition) is 5.